The van der Waals surface area contributed by atoms with Crippen LogP contribution in [0, 0.1) is 11.3 Å². The lowest BCUT2D eigenvalue weighted by Gasteiger charge is -2.49. The van der Waals surface area contributed by atoms with Gasteiger partial charge in [-0.1, -0.05) is 20.8 Å². The van der Waals surface area contributed by atoms with Gasteiger partial charge in [-0.25, -0.2) is 0 Å². The molecule has 2 aromatic carbocycles. The number of esters is 2. The summed E-state index contributed by atoms with van der Waals surface area (Å²) in [5, 5.41) is 0. The van der Waals surface area contributed by atoms with Crippen LogP contribution < -0.4 is 28.4 Å². The molecule has 0 bridgehead atoms. The first-order valence-electron chi connectivity index (χ1n) is 12.3. The van der Waals surface area contributed by atoms with E-state index in [-0.39, 0.29) is 16.9 Å². The maximum atomic E-state index is 11.8. The van der Waals surface area contributed by atoms with Crippen molar-refractivity contribution in [3.05, 3.63) is 35.4 Å². The minimum absolute atomic E-state index is 0.00171. The Morgan fingerprint density at radius 1 is 0.703 bits per heavy atom. The summed E-state index contributed by atoms with van der Waals surface area (Å²) in [6.45, 7) is 9.45. The minimum Gasteiger partial charge on any atom is -0.493 e. The molecule has 1 fully saturated rings. The van der Waals surface area contributed by atoms with Gasteiger partial charge in [0, 0.05) is 19.3 Å². The van der Waals surface area contributed by atoms with Crippen molar-refractivity contribution in [2.75, 3.05) is 28.4 Å². The Kier molecular flexibility index (Phi) is 8.30. The van der Waals surface area contributed by atoms with Gasteiger partial charge in [-0.3, -0.25) is 9.59 Å². The van der Waals surface area contributed by atoms with Crippen LogP contribution in [0.2, 0.25) is 0 Å². The minimum atomic E-state index is -0.508. The number of ether oxygens (including phenoxy) is 6. The average Bonchev–Trinajstić information content (AvgIpc) is 2.81. The second-order valence-corrected chi connectivity index (χ2v) is 10.5. The molecule has 1 aliphatic rings. The molecule has 1 atom stereocenters. The Hall–Kier alpha value is -3.42. The van der Waals surface area contributed by atoms with Gasteiger partial charge in [-0.05, 0) is 66.0 Å². The highest BCUT2D eigenvalue weighted by atomic mass is 16.6. The maximum absolute atomic E-state index is 11.8. The van der Waals surface area contributed by atoms with Gasteiger partial charge in [-0.2, -0.15) is 0 Å². The number of hydrogen-bond acceptors (Lipinski definition) is 8. The van der Waals surface area contributed by atoms with Gasteiger partial charge in [0.1, 0.15) is 0 Å². The van der Waals surface area contributed by atoms with Crippen molar-refractivity contribution in [2.24, 2.45) is 11.3 Å². The largest absolute Gasteiger partial charge is 0.493 e. The van der Waals surface area contributed by atoms with E-state index in [0.29, 0.717) is 28.9 Å². The van der Waals surface area contributed by atoms with Gasteiger partial charge in [-0.15, -0.1) is 0 Å². The van der Waals surface area contributed by atoms with Crippen molar-refractivity contribution in [2.45, 2.75) is 59.3 Å². The van der Waals surface area contributed by atoms with Crippen LogP contribution in [0.5, 0.6) is 34.5 Å². The molecule has 0 aromatic heterocycles. The molecule has 0 amide bonds. The summed E-state index contributed by atoms with van der Waals surface area (Å²) < 4.78 is 33.6. The quantitative estimate of drug-likeness (QED) is 0.327. The number of hydrogen-bond donors (Lipinski definition) is 0. The first-order chi connectivity index (χ1) is 17.4. The summed E-state index contributed by atoms with van der Waals surface area (Å²) in [6, 6.07) is 7.64. The molecule has 2 aromatic rings. The molecule has 0 spiro atoms. The van der Waals surface area contributed by atoms with Crippen molar-refractivity contribution in [1.29, 1.82) is 0 Å². The van der Waals surface area contributed by atoms with Gasteiger partial charge >= 0.3 is 11.9 Å². The zero-order valence-electron chi connectivity index (χ0n) is 23.3. The van der Waals surface area contributed by atoms with Crippen LogP contribution in [-0.2, 0) is 15.0 Å². The molecule has 1 unspecified atom stereocenters. The number of carbonyl (C=O) groups excluding carboxylic acids is 2. The third-order valence-electron chi connectivity index (χ3n) is 6.90. The SMILES string of the molecule is COc1cc(C2(c3cc(OC)c(OC(C)=O)c(OC)c3)CC(C)CC(C)(C)C2)cc(OC)c1OC(C)=O. The lowest BCUT2D eigenvalue weighted by Crippen LogP contribution is -2.41. The summed E-state index contributed by atoms with van der Waals surface area (Å²) in [7, 11) is 6.13. The molecule has 0 radical (unpaired) electrons. The monoisotopic (exact) mass is 514 g/mol. The lowest BCUT2D eigenvalue weighted by molar-refractivity contribution is -0.133. The highest BCUT2D eigenvalue weighted by Crippen LogP contribution is 2.57. The van der Waals surface area contributed by atoms with E-state index in [9.17, 15) is 9.59 Å². The molecule has 1 saturated carbocycles. The Morgan fingerprint density at radius 3 is 1.32 bits per heavy atom. The fourth-order valence-electron chi connectivity index (χ4n) is 5.98. The number of benzene rings is 2. The predicted molar refractivity (Wildman–Crippen MR) is 139 cm³/mol. The van der Waals surface area contributed by atoms with Crippen LogP contribution in [0.4, 0.5) is 0 Å². The highest BCUT2D eigenvalue weighted by Gasteiger charge is 2.46. The summed E-state index contributed by atoms with van der Waals surface area (Å²) in [6.07, 6.45) is 2.70. The third kappa shape index (κ3) is 5.78. The normalized spacial score (nSPS) is 17.9. The van der Waals surface area contributed by atoms with Gasteiger partial charge in [0.15, 0.2) is 23.0 Å². The lowest BCUT2D eigenvalue weighted by atomic mass is 9.55. The summed E-state index contributed by atoms with van der Waals surface area (Å²) in [4.78, 5) is 23.6. The van der Waals surface area contributed by atoms with Crippen LogP contribution >= 0.6 is 0 Å². The Morgan fingerprint density at radius 2 is 1.05 bits per heavy atom. The van der Waals surface area contributed by atoms with E-state index >= 15 is 0 Å². The van der Waals surface area contributed by atoms with E-state index in [1.807, 2.05) is 24.3 Å². The molecular weight excluding hydrogens is 476 g/mol. The standard InChI is InChI=1S/C29H38O8/c1-17-14-28(4,5)16-29(15-17,20-10-22(32-6)26(36-18(2)30)23(11-20)33-7)21-12-24(34-8)27(37-19(3)31)25(13-21)35-9/h10-13,17H,14-16H2,1-9H3. The molecule has 8 nitrogen and oxygen atoms in total. The van der Waals surface area contributed by atoms with Crippen LogP contribution in [0.15, 0.2) is 24.3 Å². The van der Waals surface area contributed by atoms with E-state index in [1.165, 1.54) is 42.3 Å². The van der Waals surface area contributed by atoms with Crippen molar-refractivity contribution in [3.63, 3.8) is 0 Å². The van der Waals surface area contributed by atoms with E-state index < -0.39 is 17.4 Å². The summed E-state index contributed by atoms with van der Waals surface area (Å²) in [5.74, 6) is 1.51. The predicted octanol–water partition coefficient (Wildman–Crippen LogP) is 5.70. The van der Waals surface area contributed by atoms with Crippen molar-refractivity contribution in [1.82, 2.24) is 0 Å². The molecule has 0 saturated heterocycles. The number of carbonyl (C=O) groups is 2. The third-order valence-corrected chi connectivity index (χ3v) is 6.90. The molecule has 0 heterocycles. The fraction of sp³-hybridized carbons (Fsp3) is 0.517. The summed E-state index contributed by atoms with van der Waals surface area (Å²) >= 11 is 0. The van der Waals surface area contributed by atoms with Gasteiger partial charge < -0.3 is 28.4 Å². The van der Waals surface area contributed by atoms with Gasteiger partial charge in [0.25, 0.3) is 0 Å². The Bertz CT molecular complexity index is 1040. The average molecular weight is 515 g/mol. The zero-order valence-corrected chi connectivity index (χ0v) is 23.3. The first kappa shape index (κ1) is 28.2. The molecule has 3 rings (SSSR count). The molecule has 202 valence electrons. The molecule has 0 N–H and O–H groups in total. The van der Waals surface area contributed by atoms with Crippen LogP contribution in [0.3, 0.4) is 0 Å². The van der Waals surface area contributed by atoms with Crippen molar-refractivity contribution >= 4 is 11.9 Å². The van der Waals surface area contributed by atoms with Gasteiger partial charge in [0.2, 0.25) is 11.5 Å². The Labute approximate surface area is 219 Å². The molecule has 37 heavy (non-hydrogen) atoms. The second kappa shape index (κ2) is 10.9. The molecular formula is C29H38O8. The smallest absolute Gasteiger partial charge is 0.308 e. The highest BCUT2D eigenvalue weighted by molar-refractivity contribution is 5.74. The number of rotatable bonds is 8. The molecule has 1 aliphatic carbocycles. The van der Waals surface area contributed by atoms with Crippen LogP contribution in [0.1, 0.15) is 65.0 Å². The van der Waals surface area contributed by atoms with E-state index in [4.69, 9.17) is 28.4 Å². The van der Waals surface area contributed by atoms with E-state index in [2.05, 4.69) is 20.8 Å². The van der Waals surface area contributed by atoms with Crippen LogP contribution in [-0.4, -0.2) is 40.4 Å². The topological polar surface area (TPSA) is 89.5 Å². The second-order valence-electron chi connectivity index (χ2n) is 10.5. The van der Waals surface area contributed by atoms with Crippen LogP contribution in [0.25, 0.3) is 0 Å². The maximum Gasteiger partial charge on any atom is 0.308 e. The fourth-order valence-corrected chi connectivity index (χ4v) is 5.98. The van der Waals surface area contributed by atoms with Crippen molar-refractivity contribution < 1.29 is 38.0 Å². The Balaban J connectivity index is 2.37. The van der Waals surface area contributed by atoms with E-state index in [0.717, 1.165) is 30.4 Å². The summed E-state index contributed by atoms with van der Waals surface area (Å²) in [5.41, 5.74) is 1.38. The zero-order chi connectivity index (χ0) is 27.5. The van der Waals surface area contributed by atoms with Gasteiger partial charge in [0.05, 0.1) is 28.4 Å². The molecule has 8 heteroatoms. The van der Waals surface area contributed by atoms with E-state index in [1.54, 1.807) is 0 Å². The molecule has 0 aliphatic heterocycles. The van der Waals surface area contributed by atoms with Crippen molar-refractivity contribution in [3.8, 4) is 34.5 Å². The first-order valence-corrected chi connectivity index (χ1v) is 12.3. The number of methoxy groups -OCH3 is 4.